The van der Waals surface area contributed by atoms with Crippen LogP contribution in [0.1, 0.15) is 53.5 Å². The van der Waals surface area contributed by atoms with Crippen LogP contribution in [-0.2, 0) is 10.5 Å². The van der Waals surface area contributed by atoms with Gasteiger partial charge in [-0.05, 0) is 26.7 Å². The third-order valence-corrected chi connectivity index (χ3v) is 4.77. The Balaban J connectivity index is 1.57. The van der Waals surface area contributed by atoms with Crippen molar-refractivity contribution in [3.8, 4) is 0 Å². The van der Waals surface area contributed by atoms with Gasteiger partial charge in [0.15, 0.2) is 0 Å². The Labute approximate surface area is 152 Å². The molecule has 2 N–H and O–H groups in total. The average Bonchev–Trinajstić information content (AvgIpc) is 3.24. The summed E-state index contributed by atoms with van der Waals surface area (Å²) in [7, 11) is 0. The van der Waals surface area contributed by atoms with Gasteiger partial charge >= 0.3 is 5.97 Å². The van der Waals surface area contributed by atoms with Crippen LogP contribution < -0.4 is 5.73 Å². The highest BCUT2D eigenvalue weighted by Crippen LogP contribution is 2.40. The van der Waals surface area contributed by atoms with Crippen molar-refractivity contribution >= 4 is 34.6 Å². The maximum atomic E-state index is 12.1. The summed E-state index contributed by atoms with van der Waals surface area (Å²) in [5.74, 6) is 2.01. The van der Waals surface area contributed by atoms with E-state index in [1.165, 1.54) is 11.8 Å². The van der Waals surface area contributed by atoms with Crippen LogP contribution in [0.15, 0.2) is 14.1 Å². The lowest BCUT2D eigenvalue weighted by atomic mass is 10.2. The molecule has 1 aliphatic rings. The Kier molecular flexibility index (Phi) is 4.27. The Morgan fingerprint density at radius 1 is 1.31 bits per heavy atom. The fourth-order valence-corrected chi connectivity index (χ4v) is 3.22. The van der Waals surface area contributed by atoms with Crippen molar-refractivity contribution < 1.29 is 18.4 Å². The Morgan fingerprint density at radius 2 is 2.12 bits per heavy atom. The lowest BCUT2D eigenvalue weighted by molar-refractivity contribution is 0.0526. The van der Waals surface area contributed by atoms with Crippen LogP contribution >= 0.6 is 11.8 Å². The molecule has 26 heavy (non-hydrogen) atoms. The predicted octanol–water partition coefficient (Wildman–Crippen LogP) is 2.84. The van der Waals surface area contributed by atoms with E-state index in [0.29, 0.717) is 39.8 Å². The maximum absolute atomic E-state index is 12.1. The number of carbonyl (C=O) groups excluding carboxylic acids is 1. The number of esters is 1. The zero-order valence-electron chi connectivity index (χ0n) is 14.3. The molecule has 0 aromatic carbocycles. The van der Waals surface area contributed by atoms with Crippen LogP contribution in [-0.4, -0.2) is 32.7 Å². The van der Waals surface area contributed by atoms with Crippen molar-refractivity contribution in [2.75, 3.05) is 12.3 Å². The number of ether oxygens (including phenoxy) is 1. The number of aromatic nitrogens is 4. The molecular weight excluding hydrogens is 358 g/mol. The van der Waals surface area contributed by atoms with Gasteiger partial charge in [0.25, 0.3) is 5.22 Å². The van der Waals surface area contributed by atoms with Crippen molar-refractivity contribution in [2.45, 2.75) is 43.6 Å². The van der Waals surface area contributed by atoms with Gasteiger partial charge in [0.2, 0.25) is 11.6 Å². The Hall–Kier alpha value is -2.62. The lowest BCUT2D eigenvalue weighted by Crippen LogP contribution is -2.07. The highest BCUT2D eigenvalue weighted by atomic mass is 32.2. The van der Waals surface area contributed by atoms with Gasteiger partial charge in [-0.15, -0.1) is 10.2 Å². The molecule has 1 saturated carbocycles. The molecule has 3 aromatic rings. The molecule has 0 bridgehead atoms. The molecule has 3 heterocycles. The van der Waals surface area contributed by atoms with Gasteiger partial charge in [-0.25, -0.2) is 9.78 Å². The number of nitrogen functional groups attached to an aromatic ring is 1. The molecule has 0 saturated heterocycles. The molecule has 9 nitrogen and oxygen atoms in total. The van der Waals surface area contributed by atoms with Gasteiger partial charge in [0.05, 0.1) is 17.7 Å². The molecule has 3 aromatic heterocycles. The van der Waals surface area contributed by atoms with E-state index in [0.717, 1.165) is 12.8 Å². The Bertz CT molecular complexity index is 979. The topological polar surface area (TPSA) is 130 Å². The van der Waals surface area contributed by atoms with E-state index in [1.807, 2.05) is 0 Å². The van der Waals surface area contributed by atoms with Gasteiger partial charge < -0.3 is 19.3 Å². The number of hydrogen-bond acceptors (Lipinski definition) is 10. The molecule has 0 radical (unpaired) electrons. The van der Waals surface area contributed by atoms with Crippen molar-refractivity contribution in [3.63, 3.8) is 0 Å². The van der Waals surface area contributed by atoms with Crippen molar-refractivity contribution in [1.82, 2.24) is 20.2 Å². The van der Waals surface area contributed by atoms with E-state index in [9.17, 15) is 4.79 Å². The van der Waals surface area contributed by atoms with E-state index in [1.54, 1.807) is 13.8 Å². The number of aryl methyl sites for hydroxylation is 1. The van der Waals surface area contributed by atoms with Gasteiger partial charge in [-0.2, -0.15) is 4.98 Å². The van der Waals surface area contributed by atoms with Crippen LogP contribution in [0, 0.1) is 6.92 Å². The van der Waals surface area contributed by atoms with Crippen LogP contribution in [0.4, 0.5) is 5.82 Å². The first-order valence-corrected chi connectivity index (χ1v) is 9.24. The fourth-order valence-electron chi connectivity index (χ4n) is 2.60. The highest BCUT2D eigenvalue weighted by Gasteiger charge is 2.29. The minimum atomic E-state index is -0.500. The molecule has 0 atom stereocenters. The zero-order chi connectivity index (χ0) is 18.3. The number of anilines is 1. The first-order chi connectivity index (χ1) is 12.6. The molecule has 0 unspecified atom stereocenters. The van der Waals surface area contributed by atoms with Gasteiger partial charge in [-0.1, -0.05) is 11.8 Å². The van der Waals surface area contributed by atoms with Crippen LogP contribution in [0.25, 0.3) is 11.1 Å². The average molecular weight is 375 g/mol. The number of carbonyl (C=O) groups is 1. The predicted molar refractivity (Wildman–Crippen MR) is 92.7 cm³/mol. The summed E-state index contributed by atoms with van der Waals surface area (Å²) in [6.45, 7) is 3.66. The number of hydrogen-bond donors (Lipinski definition) is 1. The summed E-state index contributed by atoms with van der Waals surface area (Å²) in [5, 5.41) is 8.90. The summed E-state index contributed by atoms with van der Waals surface area (Å²) in [4.78, 5) is 20.8. The summed E-state index contributed by atoms with van der Waals surface area (Å²) in [5.41, 5.74) is 6.58. The molecule has 0 amide bonds. The van der Waals surface area contributed by atoms with Gasteiger partial charge in [0, 0.05) is 5.92 Å². The summed E-state index contributed by atoms with van der Waals surface area (Å²) < 4.78 is 16.2. The fraction of sp³-hybridized carbons (Fsp3) is 0.438. The molecule has 10 heteroatoms. The molecular formula is C16H17N5O4S. The number of fused-ring (bicyclic) bond motifs is 1. The van der Waals surface area contributed by atoms with E-state index in [-0.39, 0.29) is 23.7 Å². The summed E-state index contributed by atoms with van der Waals surface area (Å²) in [6, 6.07) is 0. The van der Waals surface area contributed by atoms with E-state index >= 15 is 0 Å². The minimum absolute atomic E-state index is 0.176. The number of thioether (sulfide) groups is 1. The zero-order valence-corrected chi connectivity index (χ0v) is 15.1. The van der Waals surface area contributed by atoms with E-state index in [4.69, 9.17) is 19.3 Å². The van der Waals surface area contributed by atoms with Crippen LogP contribution in [0.2, 0.25) is 0 Å². The van der Waals surface area contributed by atoms with E-state index < -0.39 is 5.97 Å². The molecule has 1 aliphatic carbocycles. The molecule has 0 aliphatic heterocycles. The third-order valence-electron chi connectivity index (χ3n) is 3.95. The van der Waals surface area contributed by atoms with Gasteiger partial charge in [0.1, 0.15) is 23.0 Å². The molecule has 4 rings (SSSR count). The standard InChI is InChI=1S/C16H17N5O4S/c1-3-23-15(22)10-7(2)24-14-11(10)12(17)18-9(19-14)6-26-16-21-20-13(25-16)8-4-5-8/h8H,3-6H2,1-2H3,(H2,17,18,19). The largest absolute Gasteiger partial charge is 0.462 e. The number of rotatable bonds is 6. The molecule has 136 valence electrons. The highest BCUT2D eigenvalue weighted by molar-refractivity contribution is 7.98. The SMILES string of the molecule is CCOC(=O)c1c(C)oc2nc(CSc3nnc(C4CC4)o3)nc(N)c12. The second-order valence-electron chi connectivity index (χ2n) is 5.93. The van der Waals surface area contributed by atoms with Crippen molar-refractivity contribution in [3.05, 3.63) is 23.0 Å². The maximum Gasteiger partial charge on any atom is 0.342 e. The van der Waals surface area contributed by atoms with Crippen LogP contribution in [0.5, 0.6) is 0 Å². The number of nitrogens with zero attached hydrogens (tertiary/aromatic N) is 4. The first-order valence-electron chi connectivity index (χ1n) is 8.25. The lowest BCUT2D eigenvalue weighted by Gasteiger charge is -2.03. The Morgan fingerprint density at radius 3 is 2.85 bits per heavy atom. The second-order valence-corrected chi connectivity index (χ2v) is 6.85. The first kappa shape index (κ1) is 16.8. The summed E-state index contributed by atoms with van der Waals surface area (Å²) >= 11 is 1.33. The number of furan rings is 1. The number of nitrogens with two attached hydrogens (primary N) is 1. The smallest absolute Gasteiger partial charge is 0.342 e. The minimum Gasteiger partial charge on any atom is -0.462 e. The van der Waals surface area contributed by atoms with Crippen LogP contribution in [0.3, 0.4) is 0 Å². The normalized spacial score (nSPS) is 14.1. The van der Waals surface area contributed by atoms with Gasteiger partial charge in [-0.3, -0.25) is 0 Å². The van der Waals surface area contributed by atoms with E-state index in [2.05, 4.69) is 20.2 Å². The molecule has 1 fully saturated rings. The third kappa shape index (κ3) is 3.12. The van der Waals surface area contributed by atoms with Crippen molar-refractivity contribution in [2.24, 2.45) is 0 Å². The monoisotopic (exact) mass is 375 g/mol. The van der Waals surface area contributed by atoms with Crippen molar-refractivity contribution in [1.29, 1.82) is 0 Å². The summed E-state index contributed by atoms with van der Waals surface area (Å²) in [6.07, 6.45) is 2.20. The molecule has 0 spiro atoms. The second kappa shape index (κ2) is 6.60. The quantitative estimate of drug-likeness (QED) is 0.507.